The van der Waals surface area contributed by atoms with E-state index in [0.717, 1.165) is 4.47 Å². The Morgan fingerprint density at radius 2 is 2.05 bits per heavy atom. The minimum absolute atomic E-state index is 0.0171. The van der Waals surface area contributed by atoms with Crippen molar-refractivity contribution in [1.82, 2.24) is 0 Å². The largest absolute Gasteiger partial charge is 0.478 e. The van der Waals surface area contributed by atoms with Gasteiger partial charge in [0, 0.05) is 4.47 Å². The number of hydrogen-bond acceptors (Lipinski definition) is 4. The van der Waals surface area contributed by atoms with Gasteiger partial charge in [0.15, 0.2) is 0 Å². The molecule has 0 radical (unpaired) electrons. The highest BCUT2D eigenvalue weighted by Crippen LogP contribution is 2.29. The molecule has 0 unspecified atom stereocenters. The first-order valence-corrected chi connectivity index (χ1v) is 6.40. The lowest BCUT2D eigenvalue weighted by Gasteiger charge is -2.12. The number of nitrogens with two attached hydrogens (primary N) is 1. The Kier molecular flexibility index (Phi) is 3.91. The van der Waals surface area contributed by atoms with Crippen molar-refractivity contribution in [1.29, 1.82) is 5.26 Å². The second-order valence-corrected chi connectivity index (χ2v) is 4.91. The van der Waals surface area contributed by atoms with Gasteiger partial charge in [0.2, 0.25) is 0 Å². The van der Waals surface area contributed by atoms with Crippen molar-refractivity contribution in [3.63, 3.8) is 0 Å². The van der Waals surface area contributed by atoms with Crippen LogP contribution in [0.2, 0.25) is 0 Å². The molecule has 0 heterocycles. The molecule has 0 aliphatic carbocycles. The van der Waals surface area contributed by atoms with Gasteiger partial charge in [-0.3, -0.25) is 0 Å². The number of carbonyl (C=O) groups is 1. The molecule has 0 atom stereocenters. The average Bonchev–Trinajstić information content (AvgIpc) is 2.41. The summed E-state index contributed by atoms with van der Waals surface area (Å²) in [6.07, 6.45) is 0. The SMILES string of the molecule is N#Cc1ccc(Br)cc1Nc1cccc(C(=O)O)c1N. The zero-order chi connectivity index (χ0) is 14.7. The van der Waals surface area contributed by atoms with Crippen LogP contribution in [0.15, 0.2) is 40.9 Å². The summed E-state index contributed by atoms with van der Waals surface area (Å²) < 4.78 is 0.798. The molecule has 2 aromatic rings. The Labute approximate surface area is 123 Å². The fourth-order valence-corrected chi connectivity index (χ4v) is 2.08. The fraction of sp³-hybridized carbons (Fsp3) is 0. The Balaban J connectivity index is 2.46. The summed E-state index contributed by atoms with van der Waals surface area (Å²) in [4.78, 5) is 11.0. The molecule has 0 aromatic heterocycles. The third-order valence-electron chi connectivity index (χ3n) is 2.71. The van der Waals surface area contributed by atoms with Crippen LogP contribution >= 0.6 is 15.9 Å². The molecule has 0 fully saturated rings. The number of rotatable bonds is 3. The molecule has 0 amide bonds. The molecule has 2 aromatic carbocycles. The molecule has 6 heteroatoms. The lowest BCUT2D eigenvalue weighted by molar-refractivity contribution is 0.0698. The molecule has 20 heavy (non-hydrogen) atoms. The maximum Gasteiger partial charge on any atom is 0.337 e. The number of para-hydroxylation sites is 1. The van der Waals surface area contributed by atoms with Crippen LogP contribution in [0.5, 0.6) is 0 Å². The highest BCUT2D eigenvalue weighted by atomic mass is 79.9. The summed E-state index contributed by atoms with van der Waals surface area (Å²) in [5.74, 6) is -1.10. The predicted molar refractivity (Wildman–Crippen MR) is 80.0 cm³/mol. The van der Waals surface area contributed by atoms with Crippen molar-refractivity contribution in [2.75, 3.05) is 11.1 Å². The normalized spacial score (nSPS) is 9.80. The van der Waals surface area contributed by atoms with Gasteiger partial charge in [-0.2, -0.15) is 5.26 Å². The number of hydrogen-bond donors (Lipinski definition) is 3. The summed E-state index contributed by atoms with van der Waals surface area (Å²) >= 11 is 3.32. The minimum atomic E-state index is -1.10. The molecule has 100 valence electrons. The van der Waals surface area contributed by atoms with Gasteiger partial charge in [0.25, 0.3) is 0 Å². The van der Waals surface area contributed by atoms with Crippen LogP contribution in [0.25, 0.3) is 0 Å². The first-order valence-electron chi connectivity index (χ1n) is 5.61. The molecule has 0 bridgehead atoms. The summed E-state index contributed by atoms with van der Waals surface area (Å²) in [6.45, 7) is 0. The van der Waals surface area contributed by atoms with Crippen LogP contribution in [0.4, 0.5) is 17.1 Å². The maximum absolute atomic E-state index is 11.0. The first-order chi connectivity index (χ1) is 9.52. The third-order valence-corrected chi connectivity index (χ3v) is 3.20. The van der Waals surface area contributed by atoms with E-state index in [-0.39, 0.29) is 11.3 Å². The monoisotopic (exact) mass is 331 g/mol. The highest BCUT2D eigenvalue weighted by molar-refractivity contribution is 9.10. The average molecular weight is 332 g/mol. The van der Waals surface area contributed by atoms with E-state index in [4.69, 9.17) is 16.1 Å². The number of nitrogen functional groups attached to an aromatic ring is 1. The van der Waals surface area contributed by atoms with Gasteiger partial charge in [-0.05, 0) is 30.3 Å². The van der Waals surface area contributed by atoms with Crippen molar-refractivity contribution < 1.29 is 9.90 Å². The Morgan fingerprint density at radius 3 is 2.70 bits per heavy atom. The molecule has 5 nitrogen and oxygen atoms in total. The zero-order valence-electron chi connectivity index (χ0n) is 10.2. The van der Waals surface area contributed by atoms with Gasteiger partial charge in [-0.15, -0.1) is 0 Å². The van der Waals surface area contributed by atoms with Gasteiger partial charge in [0.1, 0.15) is 6.07 Å². The molecule has 0 spiro atoms. The van der Waals surface area contributed by atoms with E-state index in [2.05, 4.69) is 27.3 Å². The summed E-state index contributed by atoms with van der Waals surface area (Å²) in [6, 6.07) is 11.9. The van der Waals surface area contributed by atoms with E-state index in [0.29, 0.717) is 16.9 Å². The van der Waals surface area contributed by atoms with Gasteiger partial charge in [-0.25, -0.2) is 4.79 Å². The molecule has 2 rings (SSSR count). The van der Waals surface area contributed by atoms with E-state index in [1.165, 1.54) is 6.07 Å². The van der Waals surface area contributed by atoms with E-state index >= 15 is 0 Å². The Hall–Kier alpha value is -2.52. The zero-order valence-corrected chi connectivity index (χ0v) is 11.8. The van der Waals surface area contributed by atoms with Crippen LogP contribution in [0.3, 0.4) is 0 Å². The number of carboxylic acids is 1. The lowest BCUT2D eigenvalue weighted by Crippen LogP contribution is -2.05. The van der Waals surface area contributed by atoms with Crippen LogP contribution in [-0.2, 0) is 0 Å². The van der Waals surface area contributed by atoms with Crippen molar-refractivity contribution in [2.45, 2.75) is 0 Å². The predicted octanol–water partition coefficient (Wildman–Crippen LogP) is 3.34. The lowest BCUT2D eigenvalue weighted by atomic mass is 10.1. The maximum atomic E-state index is 11.0. The van der Waals surface area contributed by atoms with Gasteiger partial charge in [0.05, 0.1) is 28.2 Å². The molecule has 0 saturated heterocycles. The number of anilines is 3. The second-order valence-electron chi connectivity index (χ2n) is 4.00. The van der Waals surface area contributed by atoms with Crippen LogP contribution in [0.1, 0.15) is 15.9 Å². The van der Waals surface area contributed by atoms with E-state index in [1.54, 1.807) is 30.3 Å². The van der Waals surface area contributed by atoms with Crippen LogP contribution in [-0.4, -0.2) is 11.1 Å². The highest BCUT2D eigenvalue weighted by Gasteiger charge is 2.12. The molecule has 4 N–H and O–H groups in total. The Bertz CT molecular complexity index is 723. The van der Waals surface area contributed by atoms with Crippen molar-refractivity contribution in [3.05, 3.63) is 52.0 Å². The summed E-state index contributed by atoms with van der Waals surface area (Å²) in [5, 5.41) is 21.1. The number of nitrogens with one attached hydrogen (secondary N) is 1. The first kappa shape index (κ1) is 13.9. The number of nitrogens with zero attached hydrogens (tertiary/aromatic N) is 1. The number of nitriles is 1. The van der Waals surface area contributed by atoms with Crippen molar-refractivity contribution >= 4 is 39.0 Å². The fourth-order valence-electron chi connectivity index (χ4n) is 1.72. The summed E-state index contributed by atoms with van der Waals surface area (Å²) in [5.41, 5.74) is 7.40. The second kappa shape index (κ2) is 5.63. The van der Waals surface area contributed by atoms with E-state index < -0.39 is 5.97 Å². The quantitative estimate of drug-likeness (QED) is 0.749. The van der Waals surface area contributed by atoms with E-state index in [1.807, 2.05) is 0 Å². The number of halogens is 1. The minimum Gasteiger partial charge on any atom is -0.478 e. The van der Waals surface area contributed by atoms with Gasteiger partial charge in [-0.1, -0.05) is 22.0 Å². The molecule has 0 aliphatic rings. The number of aromatic carboxylic acids is 1. The topological polar surface area (TPSA) is 99.1 Å². The van der Waals surface area contributed by atoms with Crippen LogP contribution < -0.4 is 11.1 Å². The number of benzene rings is 2. The Morgan fingerprint density at radius 1 is 1.30 bits per heavy atom. The molecular formula is C14H10BrN3O2. The van der Waals surface area contributed by atoms with E-state index in [9.17, 15) is 4.79 Å². The smallest absolute Gasteiger partial charge is 0.337 e. The van der Waals surface area contributed by atoms with Crippen molar-refractivity contribution in [2.24, 2.45) is 0 Å². The third kappa shape index (κ3) is 2.73. The number of carboxylic acid groups (broad SMARTS) is 1. The molecular weight excluding hydrogens is 322 g/mol. The summed E-state index contributed by atoms with van der Waals surface area (Å²) in [7, 11) is 0. The molecule has 0 aliphatic heterocycles. The van der Waals surface area contributed by atoms with Crippen LogP contribution in [0, 0.1) is 11.3 Å². The standard InChI is InChI=1S/C14H10BrN3O2/c15-9-5-4-8(7-16)12(6-9)18-11-3-1-2-10(13(11)17)14(19)20/h1-6,18H,17H2,(H,19,20). The van der Waals surface area contributed by atoms with Gasteiger partial charge < -0.3 is 16.2 Å². The van der Waals surface area contributed by atoms with Gasteiger partial charge >= 0.3 is 5.97 Å². The van der Waals surface area contributed by atoms with Crippen molar-refractivity contribution in [3.8, 4) is 6.07 Å². The molecule has 0 saturated carbocycles.